The van der Waals surface area contributed by atoms with Crippen LogP contribution in [0.1, 0.15) is 24.7 Å². The first-order valence-corrected chi connectivity index (χ1v) is 12.5. The fraction of sp³-hybridized carbons (Fsp3) is 0.417. The number of aryl methyl sites for hydroxylation is 3. The lowest BCUT2D eigenvalue weighted by atomic mass is 10.2. The third kappa shape index (κ3) is 5.54. The Bertz CT molecular complexity index is 1230. The van der Waals surface area contributed by atoms with Crippen LogP contribution in [0.15, 0.2) is 47.4 Å². The van der Waals surface area contributed by atoms with Crippen molar-refractivity contribution in [3.05, 3.63) is 53.9 Å². The highest BCUT2D eigenvalue weighted by atomic mass is 32.2. The van der Waals surface area contributed by atoms with Gasteiger partial charge in [-0.3, -0.25) is 4.79 Å². The largest absolute Gasteiger partial charge is 0.370 e. The highest BCUT2D eigenvalue weighted by Gasteiger charge is 2.19. The Hall–Kier alpha value is -2.91. The number of benzene rings is 2. The van der Waals surface area contributed by atoms with Gasteiger partial charge in [0.05, 0.1) is 15.9 Å². The van der Waals surface area contributed by atoms with Crippen molar-refractivity contribution >= 4 is 32.7 Å². The van der Waals surface area contributed by atoms with E-state index in [4.69, 9.17) is 0 Å². The summed E-state index contributed by atoms with van der Waals surface area (Å²) in [7, 11) is 1.36. The van der Waals surface area contributed by atoms with Crippen molar-refractivity contribution in [3.63, 3.8) is 0 Å². The molecule has 178 valence electrons. The van der Waals surface area contributed by atoms with Gasteiger partial charge in [-0.1, -0.05) is 18.2 Å². The van der Waals surface area contributed by atoms with E-state index >= 15 is 0 Å². The van der Waals surface area contributed by atoms with E-state index in [2.05, 4.69) is 41.2 Å². The van der Waals surface area contributed by atoms with Crippen molar-refractivity contribution in [2.75, 3.05) is 38.6 Å². The summed E-state index contributed by atoms with van der Waals surface area (Å²) in [5, 5.41) is 3.00. The maximum absolute atomic E-state index is 12.4. The summed E-state index contributed by atoms with van der Waals surface area (Å²) in [4.78, 5) is 19.5. The van der Waals surface area contributed by atoms with Crippen molar-refractivity contribution in [2.45, 2.75) is 31.6 Å². The fourth-order valence-electron chi connectivity index (χ4n) is 3.84. The molecule has 1 amide bonds. The van der Waals surface area contributed by atoms with Gasteiger partial charge in [-0.2, -0.15) is 0 Å². The lowest BCUT2D eigenvalue weighted by Crippen LogP contribution is -2.35. The van der Waals surface area contributed by atoms with Crippen LogP contribution < -0.4 is 10.2 Å². The van der Waals surface area contributed by atoms with Crippen LogP contribution in [0, 0.1) is 6.92 Å². The minimum Gasteiger partial charge on any atom is -0.370 e. The Kier molecular flexibility index (Phi) is 7.76. The minimum absolute atomic E-state index is 0.0289. The maximum Gasteiger partial charge on any atom is 0.242 e. The van der Waals surface area contributed by atoms with Crippen molar-refractivity contribution in [1.82, 2.24) is 19.2 Å². The maximum atomic E-state index is 12.4. The summed E-state index contributed by atoms with van der Waals surface area (Å²) in [6.07, 6.45) is 0.790. The SMILES string of the molecule is CCN(CCNC(=O)CCc1nc2cc(S(=O)(=O)N(C)C)ccc2n1C)c1ccccc1C. The zero-order valence-corrected chi connectivity index (χ0v) is 20.8. The Morgan fingerprint density at radius 2 is 1.88 bits per heavy atom. The number of likely N-dealkylation sites (N-methyl/N-ethyl adjacent to an activating group) is 1. The summed E-state index contributed by atoms with van der Waals surface area (Å²) in [5.74, 6) is 0.716. The van der Waals surface area contributed by atoms with Gasteiger partial charge in [-0.15, -0.1) is 0 Å². The molecule has 0 aliphatic carbocycles. The molecule has 1 aromatic heterocycles. The zero-order valence-electron chi connectivity index (χ0n) is 20.0. The highest BCUT2D eigenvalue weighted by Crippen LogP contribution is 2.22. The molecule has 0 radical (unpaired) electrons. The number of imidazole rings is 1. The molecule has 0 atom stereocenters. The molecule has 1 heterocycles. The summed E-state index contributed by atoms with van der Waals surface area (Å²) in [6.45, 7) is 6.37. The van der Waals surface area contributed by atoms with E-state index in [1.807, 2.05) is 23.7 Å². The number of hydrogen-bond donors (Lipinski definition) is 1. The van der Waals surface area contributed by atoms with E-state index in [9.17, 15) is 13.2 Å². The molecular formula is C24H33N5O3S. The van der Waals surface area contributed by atoms with Crippen LogP contribution in [0.5, 0.6) is 0 Å². The van der Waals surface area contributed by atoms with Gasteiger partial charge in [0.1, 0.15) is 5.82 Å². The second kappa shape index (κ2) is 10.4. The van der Waals surface area contributed by atoms with Crippen LogP contribution >= 0.6 is 0 Å². The van der Waals surface area contributed by atoms with Crippen LogP contribution in [-0.4, -0.2) is 61.9 Å². The van der Waals surface area contributed by atoms with E-state index in [1.54, 1.807) is 18.2 Å². The van der Waals surface area contributed by atoms with E-state index in [0.717, 1.165) is 24.4 Å². The average Bonchev–Trinajstić information content (AvgIpc) is 3.10. The number of aromatic nitrogens is 2. The minimum atomic E-state index is -3.52. The topological polar surface area (TPSA) is 87.5 Å². The van der Waals surface area contributed by atoms with Gasteiger partial charge in [-0.05, 0) is 43.7 Å². The highest BCUT2D eigenvalue weighted by molar-refractivity contribution is 7.89. The number of carbonyl (C=O) groups is 1. The molecule has 2 aromatic carbocycles. The van der Waals surface area contributed by atoms with Crippen LogP contribution in [0.4, 0.5) is 5.69 Å². The average molecular weight is 472 g/mol. The monoisotopic (exact) mass is 471 g/mol. The molecule has 0 aliphatic rings. The number of anilines is 1. The van der Waals surface area contributed by atoms with Gasteiger partial charge in [-0.25, -0.2) is 17.7 Å². The molecule has 1 N–H and O–H groups in total. The molecule has 0 saturated heterocycles. The van der Waals surface area contributed by atoms with Crippen molar-refractivity contribution < 1.29 is 13.2 Å². The van der Waals surface area contributed by atoms with E-state index in [1.165, 1.54) is 29.7 Å². The number of rotatable bonds is 10. The van der Waals surface area contributed by atoms with Crippen LogP contribution in [0.2, 0.25) is 0 Å². The number of fused-ring (bicyclic) bond motifs is 1. The Labute approximate surface area is 196 Å². The predicted molar refractivity (Wildman–Crippen MR) is 132 cm³/mol. The summed E-state index contributed by atoms with van der Waals surface area (Å²) < 4.78 is 27.9. The summed E-state index contributed by atoms with van der Waals surface area (Å²) in [5.41, 5.74) is 3.84. The number of carbonyl (C=O) groups excluding carboxylic acids is 1. The first-order valence-electron chi connectivity index (χ1n) is 11.1. The zero-order chi connectivity index (χ0) is 24.2. The van der Waals surface area contributed by atoms with Gasteiger partial charge in [0.15, 0.2) is 0 Å². The summed E-state index contributed by atoms with van der Waals surface area (Å²) >= 11 is 0. The molecule has 33 heavy (non-hydrogen) atoms. The van der Waals surface area contributed by atoms with Gasteiger partial charge >= 0.3 is 0 Å². The number of sulfonamides is 1. The first-order chi connectivity index (χ1) is 15.6. The third-order valence-electron chi connectivity index (χ3n) is 5.84. The number of para-hydroxylation sites is 1. The number of nitrogens with one attached hydrogen (secondary N) is 1. The Morgan fingerprint density at radius 1 is 1.15 bits per heavy atom. The first kappa shape index (κ1) is 24.7. The molecule has 8 nitrogen and oxygen atoms in total. The van der Waals surface area contributed by atoms with Crippen molar-refractivity contribution in [1.29, 1.82) is 0 Å². The predicted octanol–water partition coefficient (Wildman–Crippen LogP) is 2.71. The van der Waals surface area contributed by atoms with Gasteiger partial charge in [0.2, 0.25) is 15.9 Å². The summed E-state index contributed by atoms with van der Waals surface area (Å²) in [6, 6.07) is 13.2. The van der Waals surface area contributed by atoms with Crippen molar-refractivity contribution in [3.8, 4) is 0 Å². The second-order valence-corrected chi connectivity index (χ2v) is 10.4. The quantitative estimate of drug-likeness (QED) is 0.491. The lowest BCUT2D eigenvalue weighted by Gasteiger charge is -2.25. The molecule has 0 saturated carbocycles. The molecule has 0 fully saturated rings. The standard InChI is InChI=1S/C24H33N5O3S/c1-6-29(21-10-8-7-9-18(21)2)16-15-25-24(30)14-13-23-26-20-17-19(33(31,32)27(3)4)11-12-22(20)28(23)5/h7-12,17H,6,13-16H2,1-5H3,(H,25,30). The van der Waals surface area contributed by atoms with E-state index < -0.39 is 10.0 Å². The molecule has 3 aromatic rings. The Morgan fingerprint density at radius 3 is 2.55 bits per heavy atom. The number of nitrogens with zero attached hydrogens (tertiary/aromatic N) is 4. The van der Waals surface area contributed by atoms with Gasteiger partial charge < -0.3 is 14.8 Å². The molecule has 9 heteroatoms. The van der Waals surface area contributed by atoms with Crippen molar-refractivity contribution in [2.24, 2.45) is 7.05 Å². The molecule has 0 unspecified atom stereocenters. The second-order valence-electron chi connectivity index (χ2n) is 8.24. The van der Waals surface area contributed by atoms with Gasteiger partial charge in [0, 0.05) is 59.3 Å². The normalized spacial score (nSPS) is 11.8. The van der Waals surface area contributed by atoms with Gasteiger partial charge in [0.25, 0.3) is 0 Å². The number of amides is 1. The molecule has 0 bridgehead atoms. The smallest absolute Gasteiger partial charge is 0.242 e. The molecular weight excluding hydrogens is 438 g/mol. The Balaban J connectivity index is 1.59. The molecule has 3 rings (SSSR count). The van der Waals surface area contributed by atoms with Crippen LogP contribution in [0.25, 0.3) is 11.0 Å². The van der Waals surface area contributed by atoms with E-state index in [0.29, 0.717) is 24.9 Å². The molecule has 0 aliphatic heterocycles. The molecule has 0 spiro atoms. The lowest BCUT2D eigenvalue weighted by molar-refractivity contribution is -0.121. The van der Waals surface area contributed by atoms with Crippen LogP contribution in [0.3, 0.4) is 0 Å². The van der Waals surface area contributed by atoms with Crippen LogP contribution in [-0.2, 0) is 28.3 Å². The van der Waals surface area contributed by atoms with E-state index in [-0.39, 0.29) is 10.8 Å². The number of hydrogen-bond acceptors (Lipinski definition) is 5. The third-order valence-corrected chi connectivity index (χ3v) is 7.65. The fourth-order valence-corrected chi connectivity index (χ4v) is 4.76.